The number of hydrogen-bond donors (Lipinski definition) is 1. The summed E-state index contributed by atoms with van der Waals surface area (Å²) in [5, 5.41) is 4.07. The van der Waals surface area contributed by atoms with Crippen LogP contribution in [-0.4, -0.2) is 23.4 Å². The van der Waals surface area contributed by atoms with E-state index in [0.717, 1.165) is 22.9 Å². The van der Waals surface area contributed by atoms with Gasteiger partial charge in [-0.05, 0) is 42.4 Å². The van der Waals surface area contributed by atoms with Crippen LogP contribution in [0.3, 0.4) is 0 Å². The lowest BCUT2D eigenvalue weighted by molar-refractivity contribution is -0.131. The van der Waals surface area contributed by atoms with Gasteiger partial charge in [-0.25, -0.2) is 0 Å². The Labute approximate surface area is 131 Å². The Morgan fingerprint density at radius 1 is 1.38 bits per heavy atom. The summed E-state index contributed by atoms with van der Waals surface area (Å²) >= 11 is 6.11. The van der Waals surface area contributed by atoms with Crippen LogP contribution in [0.5, 0.6) is 0 Å². The lowest BCUT2D eigenvalue weighted by Crippen LogP contribution is -2.41. The molecule has 4 heteroatoms. The van der Waals surface area contributed by atoms with Gasteiger partial charge in [0.15, 0.2) is 0 Å². The van der Waals surface area contributed by atoms with Crippen molar-refractivity contribution >= 4 is 17.5 Å². The molecule has 4 unspecified atom stereocenters. The number of halogens is 1. The summed E-state index contributed by atoms with van der Waals surface area (Å²) in [6, 6.07) is 8.18. The zero-order valence-electron chi connectivity index (χ0n) is 12.7. The molecule has 0 bridgehead atoms. The Bertz CT molecular complexity index is 533. The molecule has 114 valence electrons. The number of rotatable bonds is 3. The highest BCUT2D eigenvalue weighted by Crippen LogP contribution is 2.40. The van der Waals surface area contributed by atoms with Gasteiger partial charge in [-0.1, -0.05) is 44.0 Å². The fraction of sp³-hybridized carbons (Fsp3) is 0.588. The maximum absolute atomic E-state index is 12.4. The van der Waals surface area contributed by atoms with Crippen LogP contribution in [0.4, 0.5) is 0 Å². The van der Waals surface area contributed by atoms with Crippen molar-refractivity contribution in [2.45, 2.75) is 45.3 Å². The molecule has 1 aromatic rings. The summed E-state index contributed by atoms with van der Waals surface area (Å²) in [5.74, 6) is 1.53. The minimum Gasteiger partial charge on any atom is -0.319 e. The Morgan fingerprint density at radius 3 is 2.86 bits per heavy atom. The van der Waals surface area contributed by atoms with Crippen LogP contribution in [0.2, 0.25) is 5.02 Å². The summed E-state index contributed by atoms with van der Waals surface area (Å²) in [6.45, 7) is 4.98. The van der Waals surface area contributed by atoms with Crippen LogP contribution < -0.4 is 5.32 Å². The second-order valence-electron chi connectivity index (χ2n) is 6.31. The molecule has 1 saturated heterocycles. The average Bonchev–Trinajstić information content (AvgIpc) is 3.01. The van der Waals surface area contributed by atoms with E-state index < -0.39 is 0 Å². The highest BCUT2D eigenvalue weighted by atomic mass is 35.5. The van der Waals surface area contributed by atoms with E-state index in [1.165, 1.54) is 12.8 Å². The predicted molar refractivity (Wildman–Crippen MR) is 85.0 cm³/mol. The lowest BCUT2D eigenvalue weighted by Gasteiger charge is -2.34. The fourth-order valence-electron chi connectivity index (χ4n) is 4.04. The topological polar surface area (TPSA) is 32.3 Å². The van der Waals surface area contributed by atoms with Gasteiger partial charge >= 0.3 is 0 Å². The molecule has 0 radical (unpaired) electrons. The molecule has 3 nitrogen and oxygen atoms in total. The van der Waals surface area contributed by atoms with E-state index in [9.17, 15) is 4.79 Å². The maximum atomic E-state index is 12.4. The molecule has 1 aliphatic heterocycles. The van der Waals surface area contributed by atoms with Crippen LogP contribution in [0.15, 0.2) is 24.3 Å². The van der Waals surface area contributed by atoms with Gasteiger partial charge in [0.2, 0.25) is 5.91 Å². The molecule has 1 aliphatic carbocycles. The summed E-state index contributed by atoms with van der Waals surface area (Å²) in [4.78, 5) is 14.5. The highest BCUT2D eigenvalue weighted by molar-refractivity contribution is 6.30. The number of nitrogens with one attached hydrogen (secondary N) is 1. The van der Waals surface area contributed by atoms with Gasteiger partial charge in [0.05, 0.1) is 6.54 Å². The first-order valence-corrected chi connectivity index (χ1v) is 8.29. The van der Waals surface area contributed by atoms with Crippen molar-refractivity contribution in [3.05, 3.63) is 34.9 Å². The minimum atomic E-state index is -0.0285. The van der Waals surface area contributed by atoms with Crippen molar-refractivity contribution in [3.8, 4) is 0 Å². The van der Waals surface area contributed by atoms with Crippen LogP contribution in [0.1, 0.15) is 44.8 Å². The van der Waals surface area contributed by atoms with Gasteiger partial charge < -0.3 is 4.90 Å². The molecule has 1 heterocycles. The van der Waals surface area contributed by atoms with E-state index in [-0.39, 0.29) is 12.1 Å². The van der Waals surface area contributed by atoms with Crippen LogP contribution in [-0.2, 0) is 4.79 Å². The molecular weight excluding hydrogens is 284 g/mol. The van der Waals surface area contributed by atoms with Crippen molar-refractivity contribution in [2.75, 3.05) is 6.54 Å². The smallest absolute Gasteiger partial charge is 0.238 e. The Kier molecular flexibility index (Phi) is 4.23. The molecule has 4 atom stereocenters. The first-order chi connectivity index (χ1) is 10.1. The molecule has 2 aliphatic rings. The third kappa shape index (κ3) is 2.69. The molecule has 1 amide bonds. The van der Waals surface area contributed by atoms with Crippen molar-refractivity contribution in [2.24, 2.45) is 11.8 Å². The summed E-state index contributed by atoms with van der Waals surface area (Å²) in [6.07, 6.45) is 3.52. The van der Waals surface area contributed by atoms with Gasteiger partial charge in [-0.2, -0.15) is 0 Å². The van der Waals surface area contributed by atoms with Gasteiger partial charge in [-0.15, -0.1) is 0 Å². The highest BCUT2D eigenvalue weighted by Gasteiger charge is 2.43. The number of carbonyl (C=O) groups excluding carboxylic acids is 1. The van der Waals surface area contributed by atoms with Crippen LogP contribution in [0.25, 0.3) is 0 Å². The molecule has 2 fully saturated rings. The number of nitrogens with zero attached hydrogens (tertiary/aromatic N) is 1. The Hall–Kier alpha value is -1.06. The van der Waals surface area contributed by atoms with Crippen molar-refractivity contribution in [3.63, 3.8) is 0 Å². The van der Waals surface area contributed by atoms with Crippen molar-refractivity contribution in [1.82, 2.24) is 10.2 Å². The van der Waals surface area contributed by atoms with E-state index in [4.69, 9.17) is 11.6 Å². The minimum absolute atomic E-state index is 0.0285. The molecule has 21 heavy (non-hydrogen) atoms. The molecule has 1 aromatic carbocycles. The van der Waals surface area contributed by atoms with Crippen molar-refractivity contribution in [1.29, 1.82) is 0 Å². The van der Waals surface area contributed by atoms with Gasteiger partial charge in [0.1, 0.15) is 6.17 Å². The second kappa shape index (κ2) is 5.98. The van der Waals surface area contributed by atoms with Gasteiger partial charge in [-0.3, -0.25) is 10.1 Å². The molecule has 0 aromatic heterocycles. The van der Waals surface area contributed by atoms with Crippen LogP contribution in [0, 0.1) is 11.8 Å². The summed E-state index contributed by atoms with van der Waals surface area (Å²) < 4.78 is 0. The molecular formula is C17H23ClN2O. The SMILES string of the molecule is CCC1CCC(N2C(=O)CNC2c2cccc(Cl)c2)C1C. The molecule has 3 rings (SSSR count). The normalized spacial score (nSPS) is 32.9. The van der Waals surface area contributed by atoms with Gasteiger partial charge in [0, 0.05) is 11.1 Å². The largest absolute Gasteiger partial charge is 0.319 e. The molecule has 1 N–H and O–H groups in total. The maximum Gasteiger partial charge on any atom is 0.238 e. The third-order valence-electron chi connectivity index (χ3n) is 5.24. The lowest BCUT2D eigenvalue weighted by atomic mass is 9.92. The second-order valence-corrected chi connectivity index (χ2v) is 6.75. The fourth-order valence-corrected chi connectivity index (χ4v) is 4.24. The van der Waals surface area contributed by atoms with Crippen LogP contribution >= 0.6 is 11.6 Å². The Balaban J connectivity index is 1.87. The zero-order valence-corrected chi connectivity index (χ0v) is 13.4. The number of hydrogen-bond acceptors (Lipinski definition) is 2. The monoisotopic (exact) mass is 306 g/mol. The predicted octanol–water partition coefficient (Wildman–Crippen LogP) is 3.60. The molecule has 1 saturated carbocycles. The zero-order chi connectivity index (χ0) is 15.0. The first kappa shape index (κ1) is 14.9. The Morgan fingerprint density at radius 2 is 2.19 bits per heavy atom. The third-order valence-corrected chi connectivity index (χ3v) is 5.48. The number of amides is 1. The van der Waals surface area contributed by atoms with E-state index in [0.29, 0.717) is 18.5 Å². The summed E-state index contributed by atoms with van der Waals surface area (Å²) in [5.41, 5.74) is 1.08. The van der Waals surface area contributed by atoms with Crippen molar-refractivity contribution < 1.29 is 4.79 Å². The quantitative estimate of drug-likeness (QED) is 0.925. The standard InChI is InChI=1S/C17H23ClN2O/c1-3-12-7-8-15(11(12)2)20-16(21)10-19-17(20)13-5-4-6-14(18)9-13/h4-6,9,11-12,15,17,19H,3,7-8,10H2,1-2H3. The van der Waals surface area contributed by atoms with E-state index >= 15 is 0 Å². The molecule has 0 spiro atoms. The number of benzene rings is 1. The van der Waals surface area contributed by atoms with E-state index in [1.54, 1.807) is 0 Å². The average molecular weight is 307 g/mol. The first-order valence-electron chi connectivity index (χ1n) is 7.91. The van der Waals surface area contributed by atoms with E-state index in [2.05, 4.69) is 24.1 Å². The number of carbonyl (C=O) groups is 1. The van der Waals surface area contributed by atoms with E-state index in [1.807, 2.05) is 24.3 Å². The van der Waals surface area contributed by atoms with Gasteiger partial charge in [0.25, 0.3) is 0 Å². The summed E-state index contributed by atoms with van der Waals surface area (Å²) in [7, 11) is 0.